The van der Waals surface area contributed by atoms with Gasteiger partial charge >= 0.3 is 11.9 Å². The van der Waals surface area contributed by atoms with E-state index in [4.69, 9.17) is 4.74 Å². The third-order valence-corrected chi connectivity index (χ3v) is 5.14. The fourth-order valence-electron chi connectivity index (χ4n) is 3.67. The molecule has 0 bridgehead atoms. The molecule has 11 nitrogen and oxygen atoms in total. The van der Waals surface area contributed by atoms with Crippen LogP contribution in [0.3, 0.4) is 0 Å². The molecule has 1 aromatic carbocycles. The molecule has 176 valence electrons. The number of hydrogen-bond donors (Lipinski definition) is 3. The SMILES string of the molecule is CC1=C(C(=O)O)C(c2cccc([N+](=O)[O-])c2)C(C(=O)OCCNC(=O)c2ccccn2)=C(C)N1. The lowest BCUT2D eigenvalue weighted by Crippen LogP contribution is -2.33. The van der Waals surface area contributed by atoms with Crippen molar-refractivity contribution in [3.8, 4) is 0 Å². The number of aromatic nitrogens is 1. The number of esters is 1. The lowest BCUT2D eigenvalue weighted by Gasteiger charge is -2.29. The Kier molecular flexibility index (Phi) is 7.36. The number of hydrogen-bond acceptors (Lipinski definition) is 8. The maximum absolute atomic E-state index is 13.0. The van der Waals surface area contributed by atoms with Crippen LogP contribution in [0.25, 0.3) is 0 Å². The highest BCUT2D eigenvalue weighted by Crippen LogP contribution is 2.39. The third-order valence-electron chi connectivity index (χ3n) is 5.14. The fraction of sp³-hybridized carbons (Fsp3) is 0.217. The highest BCUT2D eigenvalue weighted by Gasteiger charge is 2.37. The van der Waals surface area contributed by atoms with E-state index in [0.717, 1.165) is 0 Å². The van der Waals surface area contributed by atoms with Crippen molar-refractivity contribution in [2.24, 2.45) is 0 Å². The molecule has 1 atom stereocenters. The second-order valence-electron chi connectivity index (χ2n) is 7.40. The largest absolute Gasteiger partial charge is 0.478 e. The first-order valence-corrected chi connectivity index (χ1v) is 10.2. The number of nitrogens with one attached hydrogen (secondary N) is 2. The van der Waals surface area contributed by atoms with Gasteiger partial charge in [0.2, 0.25) is 0 Å². The fourth-order valence-corrected chi connectivity index (χ4v) is 3.67. The number of pyridine rings is 1. The standard InChI is InChI=1S/C23H22N4O7/c1-13-18(22(29)30)20(15-6-5-7-16(12-15)27(32)33)19(14(2)26-13)23(31)34-11-10-25-21(28)17-8-3-4-9-24-17/h3-9,12,20,26H,10-11H2,1-2H3,(H,25,28)(H,29,30). The zero-order valence-electron chi connectivity index (χ0n) is 18.4. The number of carboxylic acids is 1. The first kappa shape index (κ1) is 24.1. The van der Waals surface area contributed by atoms with Gasteiger partial charge in [-0.05, 0) is 31.5 Å². The van der Waals surface area contributed by atoms with Gasteiger partial charge in [0.15, 0.2) is 0 Å². The van der Waals surface area contributed by atoms with Crippen molar-refractivity contribution in [1.82, 2.24) is 15.6 Å². The van der Waals surface area contributed by atoms with E-state index in [2.05, 4.69) is 15.6 Å². The summed E-state index contributed by atoms with van der Waals surface area (Å²) in [5, 5.41) is 26.5. The van der Waals surface area contributed by atoms with Crippen LogP contribution in [0.2, 0.25) is 0 Å². The van der Waals surface area contributed by atoms with Crippen LogP contribution in [-0.4, -0.2) is 46.0 Å². The average molecular weight is 466 g/mol. The van der Waals surface area contributed by atoms with E-state index in [0.29, 0.717) is 11.4 Å². The predicted molar refractivity (Wildman–Crippen MR) is 120 cm³/mol. The van der Waals surface area contributed by atoms with Crippen molar-refractivity contribution in [1.29, 1.82) is 0 Å². The second kappa shape index (κ2) is 10.4. The van der Waals surface area contributed by atoms with E-state index in [-0.39, 0.29) is 41.2 Å². The third kappa shape index (κ3) is 5.26. The number of aliphatic carboxylic acids is 1. The quantitative estimate of drug-likeness (QED) is 0.229. The molecule has 2 heterocycles. The Labute approximate surface area is 194 Å². The number of ether oxygens (including phenoxy) is 1. The summed E-state index contributed by atoms with van der Waals surface area (Å²) in [6.45, 7) is 2.96. The summed E-state index contributed by atoms with van der Waals surface area (Å²) < 4.78 is 5.31. The van der Waals surface area contributed by atoms with Crippen LogP contribution in [0.5, 0.6) is 0 Å². The number of nitro groups is 1. The predicted octanol–water partition coefficient (Wildman–Crippen LogP) is 2.28. The Hall–Kier alpha value is -4.54. The lowest BCUT2D eigenvalue weighted by atomic mass is 9.80. The minimum Gasteiger partial charge on any atom is -0.478 e. The Morgan fingerprint density at radius 2 is 1.88 bits per heavy atom. The van der Waals surface area contributed by atoms with Crippen molar-refractivity contribution >= 4 is 23.5 Å². The molecule has 1 aliphatic heterocycles. The van der Waals surface area contributed by atoms with Gasteiger partial charge in [-0.3, -0.25) is 19.9 Å². The molecule has 1 unspecified atom stereocenters. The molecule has 0 saturated carbocycles. The molecule has 34 heavy (non-hydrogen) atoms. The Morgan fingerprint density at radius 3 is 2.53 bits per heavy atom. The van der Waals surface area contributed by atoms with Gasteiger partial charge in [-0.1, -0.05) is 18.2 Å². The van der Waals surface area contributed by atoms with E-state index in [1.54, 1.807) is 26.0 Å². The molecule has 1 aliphatic rings. The Balaban J connectivity index is 1.81. The van der Waals surface area contributed by atoms with Crippen LogP contribution in [0.15, 0.2) is 71.2 Å². The molecule has 3 rings (SSSR count). The van der Waals surface area contributed by atoms with E-state index in [1.807, 2.05) is 0 Å². The van der Waals surface area contributed by atoms with E-state index in [9.17, 15) is 29.6 Å². The number of non-ortho nitro benzene ring substituents is 1. The van der Waals surface area contributed by atoms with Crippen LogP contribution in [0, 0.1) is 10.1 Å². The minimum absolute atomic E-state index is 0.00301. The number of amides is 1. The zero-order chi connectivity index (χ0) is 24.8. The molecule has 0 aliphatic carbocycles. The summed E-state index contributed by atoms with van der Waals surface area (Å²) in [5.74, 6) is -3.61. The molecule has 2 aromatic rings. The number of dihydropyridines is 1. The summed E-state index contributed by atoms with van der Waals surface area (Å²) in [6, 6.07) is 10.3. The van der Waals surface area contributed by atoms with Crippen molar-refractivity contribution in [2.75, 3.05) is 13.2 Å². The van der Waals surface area contributed by atoms with Gasteiger partial charge in [0.25, 0.3) is 11.6 Å². The number of carbonyl (C=O) groups excluding carboxylic acids is 2. The van der Waals surface area contributed by atoms with Crippen molar-refractivity contribution in [3.05, 3.63) is 92.6 Å². The number of nitrogens with zero attached hydrogens (tertiary/aromatic N) is 2. The molecular weight excluding hydrogens is 444 g/mol. The summed E-state index contributed by atoms with van der Waals surface area (Å²) in [5.41, 5.74) is 0.799. The molecule has 0 fully saturated rings. The number of allylic oxidation sites excluding steroid dienone is 2. The van der Waals surface area contributed by atoms with Gasteiger partial charge in [-0.2, -0.15) is 0 Å². The monoisotopic (exact) mass is 466 g/mol. The van der Waals surface area contributed by atoms with Gasteiger partial charge in [-0.25, -0.2) is 9.59 Å². The van der Waals surface area contributed by atoms with E-state index < -0.39 is 28.7 Å². The molecule has 3 N–H and O–H groups in total. The second-order valence-corrected chi connectivity index (χ2v) is 7.40. The van der Waals surface area contributed by atoms with Gasteiger partial charge in [0, 0.05) is 29.7 Å². The zero-order valence-corrected chi connectivity index (χ0v) is 18.4. The van der Waals surface area contributed by atoms with Gasteiger partial charge in [0.1, 0.15) is 12.3 Å². The summed E-state index contributed by atoms with van der Waals surface area (Å²) in [4.78, 5) is 51.7. The molecule has 0 saturated heterocycles. The van der Waals surface area contributed by atoms with E-state index in [1.165, 1.54) is 36.5 Å². The molecule has 0 spiro atoms. The Morgan fingerprint density at radius 1 is 1.15 bits per heavy atom. The smallest absolute Gasteiger partial charge is 0.336 e. The molecule has 0 radical (unpaired) electrons. The first-order valence-electron chi connectivity index (χ1n) is 10.2. The maximum atomic E-state index is 13.0. The molecular formula is C23H22N4O7. The van der Waals surface area contributed by atoms with Crippen LogP contribution in [0.4, 0.5) is 5.69 Å². The Bertz CT molecular complexity index is 1200. The van der Waals surface area contributed by atoms with Gasteiger partial charge < -0.3 is 20.5 Å². The van der Waals surface area contributed by atoms with Crippen LogP contribution < -0.4 is 10.6 Å². The first-order chi connectivity index (χ1) is 16.2. The maximum Gasteiger partial charge on any atom is 0.336 e. The van der Waals surface area contributed by atoms with Crippen molar-refractivity contribution in [3.63, 3.8) is 0 Å². The molecule has 1 amide bonds. The highest BCUT2D eigenvalue weighted by molar-refractivity contribution is 5.99. The normalized spacial score (nSPS) is 15.4. The van der Waals surface area contributed by atoms with Crippen LogP contribution in [0.1, 0.15) is 35.8 Å². The van der Waals surface area contributed by atoms with Crippen molar-refractivity contribution in [2.45, 2.75) is 19.8 Å². The van der Waals surface area contributed by atoms with Crippen LogP contribution in [-0.2, 0) is 14.3 Å². The number of carboxylic acid groups (broad SMARTS) is 1. The average Bonchev–Trinajstić information content (AvgIpc) is 2.81. The highest BCUT2D eigenvalue weighted by atomic mass is 16.6. The summed E-state index contributed by atoms with van der Waals surface area (Å²) in [7, 11) is 0. The topological polar surface area (TPSA) is 161 Å². The number of benzene rings is 1. The van der Waals surface area contributed by atoms with E-state index >= 15 is 0 Å². The number of nitro benzene ring substituents is 1. The molecule has 11 heteroatoms. The lowest BCUT2D eigenvalue weighted by molar-refractivity contribution is -0.384. The minimum atomic E-state index is -1.28. The van der Waals surface area contributed by atoms with Gasteiger partial charge in [0.05, 0.1) is 28.5 Å². The van der Waals surface area contributed by atoms with Crippen LogP contribution >= 0.6 is 0 Å². The molecule has 1 aromatic heterocycles. The van der Waals surface area contributed by atoms with Gasteiger partial charge in [-0.15, -0.1) is 0 Å². The summed E-state index contributed by atoms with van der Waals surface area (Å²) >= 11 is 0. The number of carbonyl (C=O) groups is 3. The van der Waals surface area contributed by atoms with Crippen molar-refractivity contribution < 1.29 is 29.2 Å². The number of rotatable bonds is 8. The summed E-state index contributed by atoms with van der Waals surface area (Å²) in [6.07, 6.45) is 1.48.